The normalized spacial score (nSPS) is 17.4. The smallest absolute Gasteiger partial charge is 0.407 e. The van der Waals surface area contributed by atoms with Gasteiger partial charge < -0.3 is 14.6 Å². The van der Waals surface area contributed by atoms with Crippen molar-refractivity contribution in [3.63, 3.8) is 0 Å². The number of hydrogen-bond acceptors (Lipinski definition) is 4. The first-order chi connectivity index (χ1) is 11.9. The number of nitrogens with one attached hydrogen (secondary N) is 1. The molecule has 0 spiro atoms. The molecule has 1 amide bonds. The van der Waals surface area contributed by atoms with Gasteiger partial charge in [0.1, 0.15) is 5.60 Å². The molecule has 1 N–H and O–H groups in total. The minimum atomic E-state index is -0.482. The number of hydrogen-bond donors (Lipinski definition) is 1. The summed E-state index contributed by atoms with van der Waals surface area (Å²) < 4.78 is 9.36. The van der Waals surface area contributed by atoms with Gasteiger partial charge in [0.25, 0.3) is 0 Å². The molecule has 1 aliphatic carbocycles. The first-order valence-corrected chi connectivity index (χ1v) is 8.57. The van der Waals surface area contributed by atoms with Crippen LogP contribution in [0.4, 0.5) is 4.79 Å². The third-order valence-corrected chi connectivity index (χ3v) is 4.01. The number of carbonyl (C=O) groups is 1. The van der Waals surface area contributed by atoms with Crippen molar-refractivity contribution in [3.05, 3.63) is 42.8 Å². The van der Waals surface area contributed by atoms with Crippen LogP contribution in [0.5, 0.6) is 0 Å². The molecule has 7 heteroatoms. The maximum atomic E-state index is 11.9. The second kappa shape index (κ2) is 7.13. The summed E-state index contributed by atoms with van der Waals surface area (Å²) in [4.78, 5) is 16.2. The molecule has 1 unspecified atom stereocenters. The van der Waals surface area contributed by atoms with Crippen molar-refractivity contribution in [2.45, 2.75) is 58.3 Å². The zero-order chi connectivity index (χ0) is 17.9. The maximum Gasteiger partial charge on any atom is 0.407 e. The van der Waals surface area contributed by atoms with E-state index < -0.39 is 5.60 Å². The van der Waals surface area contributed by atoms with E-state index in [0.717, 1.165) is 31.6 Å². The number of imidazole rings is 1. The van der Waals surface area contributed by atoms with Crippen LogP contribution in [0.1, 0.15) is 39.3 Å². The summed E-state index contributed by atoms with van der Waals surface area (Å²) in [5, 5.41) is 7.17. The van der Waals surface area contributed by atoms with Crippen molar-refractivity contribution in [1.29, 1.82) is 0 Å². The monoisotopic (exact) mass is 343 g/mol. The molecule has 134 valence electrons. The predicted molar refractivity (Wildman–Crippen MR) is 94.8 cm³/mol. The summed E-state index contributed by atoms with van der Waals surface area (Å²) in [5.74, 6) is 0. The van der Waals surface area contributed by atoms with E-state index in [1.807, 2.05) is 50.2 Å². The van der Waals surface area contributed by atoms with Crippen LogP contribution in [0.2, 0.25) is 0 Å². The van der Waals surface area contributed by atoms with Gasteiger partial charge in [-0.15, -0.1) is 0 Å². The lowest BCUT2D eigenvalue weighted by Gasteiger charge is -2.21. The summed E-state index contributed by atoms with van der Waals surface area (Å²) >= 11 is 0. The first-order valence-electron chi connectivity index (χ1n) is 8.57. The predicted octanol–water partition coefficient (Wildman–Crippen LogP) is 2.85. The van der Waals surface area contributed by atoms with E-state index >= 15 is 0 Å². The van der Waals surface area contributed by atoms with E-state index in [0.29, 0.717) is 0 Å². The number of alkyl carbamates (subject to hydrolysis) is 1. The minimum Gasteiger partial charge on any atom is -0.444 e. The molecule has 0 saturated carbocycles. The fraction of sp³-hybridized carbons (Fsp3) is 0.500. The standard InChI is InChI=1S/C18H25N5O2/c1-18(2,3)25-17(24)21-15-6-5-14(11-15)16-12-19-13-22(16)9-10-23-8-4-7-20-23/h4-5,7-8,12-13,15H,6,9-11H2,1-3H3,(H,21,24). The van der Waals surface area contributed by atoms with Crippen LogP contribution in [-0.2, 0) is 17.8 Å². The second-order valence-electron chi connectivity index (χ2n) is 7.25. The van der Waals surface area contributed by atoms with Gasteiger partial charge in [0.15, 0.2) is 0 Å². The van der Waals surface area contributed by atoms with Gasteiger partial charge in [-0.25, -0.2) is 9.78 Å². The van der Waals surface area contributed by atoms with E-state index in [-0.39, 0.29) is 12.1 Å². The summed E-state index contributed by atoms with van der Waals surface area (Å²) in [7, 11) is 0. The summed E-state index contributed by atoms with van der Waals surface area (Å²) in [6, 6.07) is 1.99. The molecule has 2 aromatic heterocycles. The number of rotatable bonds is 5. The van der Waals surface area contributed by atoms with Crippen LogP contribution < -0.4 is 5.32 Å². The van der Waals surface area contributed by atoms with Crippen molar-refractivity contribution >= 4 is 11.7 Å². The highest BCUT2D eigenvalue weighted by atomic mass is 16.6. The number of aromatic nitrogens is 4. The van der Waals surface area contributed by atoms with Gasteiger partial charge in [-0.1, -0.05) is 6.08 Å². The quantitative estimate of drug-likeness (QED) is 0.906. The van der Waals surface area contributed by atoms with Gasteiger partial charge in [0, 0.05) is 25.0 Å². The third-order valence-electron chi connectivity index (χ3n) is 4.01. The van der Waals surface area contributed by atoms with Crippen molar-refractivity contribution in [3.8, 4) is 0 Å². The van der Waals surface area contributed by atoms with Crippen LogP contribution >= 0.6 is 0 Å². The highest BCUT2D eigenvalue weighted by Gasteiger charge is 2.24. The van der Waals surface area contributed by atoms with Crippen molar-refractivity contribution in [2.75, 3.05) is 0 Å². The molecule has 1 atom stereocenters. The third kappa shape index (κ3) is 4.71. The molecule has 3 rings (SSSR count). The van der Waals surface area contributed by atoms with Crippen molar-refractivity contribution in [1.82, 2.24) is 24.6 Å². The Bertz CT molecular complexity index is 740. The fourth-order valence-electron chi connectivity index (χ4n) is 2.92. The minimum absolute atomic E-state index is 0.0688. The summed E-state index contributed by atoms with van der Waals surface area (Å²) in [6.07, 6.45) is 10.8. The molecular weight excluding hydrogens is 318 g/mol. The molecule has 0 aliphatic heterocycles. The maximum absolute atomic E-state index is 11.9. The Kier molecular flexibility index (Phi) is 4.92. The van der Waals surface area contributed by atoms with Gasteiger partial charge in [0.05, 0.1) is 24.8 Å². The Morgan fingerprint density at radius 3 is 2.96 bits per heavy atom. The van der Waals surface area contributed by atoms with Crippen LogP contribution in [0.15, 0.2) is 37.1 Å². The zero-order valence-electron chi connectivity index (χ0n) is 15.0. The van der Waals surface area contributed by atoms with Gasteiger partial charge in [-0.05, 0) is 45.3 Å². The lowest BCUT2D eigenvalue weighted by atomic mass is 10.1. The van der Waals surface area contributed by atoms with Gasteiger partial charge >= 0.3 is 6.09 Å². The molecule has 2 aromatic rings. The van der Waals surface area contributed by atoms with Gasteiger partial charge in [-0.2, -0.15) is 5.10 Å². The molecule has 1 aliphatic rings. The Balaban J connectivity index is 1.55. The lowest BCUT2D eigenvalue weighted by Crippen LogP contribution is -2.38. The number of amides is 1. The van der Waals surface area contributed by atoms with Gasteiger partial charge in [0.2, 0.25) is 0 Å². The molecule has 2 heterocycles. The van der Waals surface area contributed by atoms with E-state index in [2.05, 4.69) is 26.0 Å². The summed E-state index contributed by atoms with van der Waals surface area (Å²) in [6.45, 7) is 7.19. The molecule has 7 nitrogen and oxygen atoms in total. The van der Waals surface area contributed by atoms with E-state index in [1.54, 1.807) is 6.20 Å². The number of nitrogens with zero attached hydrogens (tertiary/aromatic N) is 4. The molecular formula is C18H25N5O2. The van der Waals surface area contributed by atoms with Crippen LogP contribution in [0.3, 0.4) is 0 Å². The molecule has 0 bridgehead atoms. The Labute approximate surface area is 147 Å². The SMILES string of the molecule is CC(C)(C)OC(=O)NC1CC=C(c2cncn2CCn2cccn2)C1. The summed E-state index contributed by atoms with van der Waals surface area (Å²) in [5.41, 5.74) is 1.82. The van der Waals surface area contributed by atoms with Crippen LogP contribution in [0.25, 0.3) is 5.57 Å². The van der Waals surface area contributed by atoms with E-state index in [9.17, 15) is 4.79 Å². The van der Waals surface area contributed by atoms with Gasteiger partial charge in [-0.3, -0.25) is 4.68 Å². The second-order valence-corrected chi connectivity index (χ2v) is 7.25. The molecule has 0 saturated heterocycles. The highest BCUT2D eigenvalue weighted by Crippen LogP contribution is 2.28. The number of aryl methyl sites for hydroxylation is 2. The van der Waals surface area contributed by atoms with Crippen molar-refractivity contribution < 1.29 is 9.53 Å². The highest BCUT2D eigenvalue weighted by molar-refractivity contribution is 5.71. The molecule has 25 heavy (non-hydrogen) atoms. The zero-order valence-corrected chi connectivity index (χ0v) is 15.0. The Morgan fingerprint density at radius 2 is 2.24 bits per heavy atom. The number of ether oxygens (including phenoxy) is 1. The average molecular weight is 343 g/mol. The average Bonchev–Trinajstić information content (AvgIpc) is 3.24. The Hall–Kier alpha value is -2.57. The Morgan fingerprint density at radius 1 is 1.40 bits per heavy atom. The molecule has 0 aromatic carbocycles. The largest absolute Gasteiger partial charge is 0.444 e. The topological polar surface area (TPSA) is 74.0 Å². The number of carbonyl (C=O) groups excluding carboxylic acids is 1. The lowest BCUT2D eigenvalue weighted by molar-refractivity contribution is 0.0507. The first kappa shape index (κ1) is 17.3. The van der Waals surface area contributed by atoms with E-state index in [4.69, 9.17) is 4.74 Å². The van der Waals surface area contributed by atoms with Crippen LogP contribution in [-0.4, -0.2) is 37.1 Å². The van der Waals surface area contributed by atoms with Crippen LogP contribution in [0, 0.1) is 0 Å². The fourth-order valence-corrected chi connectivity index (χ4v) is 2.92. The molecule has 0 radical (unpaired) electrons. The molecule has 0 fully saturated rings. The van der Waals surface area contributed by atoms with Crippen molar-refractivity contribution in [2.24, 2.45) is 0 Å². The van der Waals surface area contributed by atoms with E-state index in [1.165, 1.54) is 5.57 Å².